The lowest BCUT2D eigenvalue weighted by atomic mass is 9.99. The second-order valence-electron chi connectivity index (χ2n) is 28.5. The first-order valence-corrected chi connectivity index (χ1v) is 41.8. The second-order valence-corrected chi connectivity index (χ2v) is 31.4. The Morgan fingerprint density at radius 2 is 0.511 bits per heavy atom. The summed E-state index contributed by atoms with van der Waals surface area (Å²) in [6.45, 7) is 14.2. The average molecular weight is 1380 g/mol. The van der Waals surface area contributed by atoms with Crippen molar-refractivity contribution in [3.8, 4) is 0 Å². The number of esters is 4. The minimum atomic E-state index is -4.96. The molecule has 0 bridgehead atoms. The quantitative estimate of drug-likeness (QED) is 0.0222. The number of hydrogen-bond acceptors (Lipinski definition) is 15. The van der Waals surface area contributed by atoms with Crippen LogP contribution in [0.25, 0.3) is 0 Å². The van der Waals surface area contributed by atoms with Crippen molar-refractivity contribution in [1.29, 1.82) is 0 Å². The van der Waals surface area contributed by atoms with Gasteiger partial charge in [0.1, 0.15) is 19.3 Å². The number of aliphatic hydroxyl groups is 1. The number of ether oxygens (including phenoxy) is 4. The van der Waals surface area contributed by atoms with Crippen molar-refractivity contribution < 1.29 is 80.2 Å². The molecule has 0 saturated carbocycles. The van der Waals surface area contributed by atoms with Crippen LogP contribution < -0.4 is 0 Å². The Bertz CT molecular complexity index is 1850. The number of phosphoric acid groups is 2. The number of carbonyl (C=O) groups excluding carboxylic acids is 4. The van der Waals surface area contributed by atoms with E-state index >= 15 is 0 Å². The van der Waals surface area contributed by atoms with Gasteiger partial charge in [0.2, 0.25) is 0 Å². The molecule has 0 aliphatic heterocycles. The topological polar surface area (TPSA) is 237 Å². The molecule has 558 valence electrons. The lowest BCUT2D eigenvalue weighted by molar-refractivity contribution is -0.161. The predicted octanol–water partition coefficient (Wildman–Crippen LogP) is 21.7. The van der Waals surface area contributed by atoms with Gasteiger partial charge in [0.25, 0.3) is 0 Å². The summed E-state index contributed by atoms with van der Waals surface area (Å²) in [5.74, 6) is 0.950. The Morgan fingerprint density at radius 3 is 0.755 bits per heavy atom. The summed E-state index contributed by atoms with van der Waals surface area (Å²) in [5, 5.41) is 10.6. The Labute approximate surface area is 575 Å². The molecule has 0 saturated heterocycles. The van der Waals surface area contributed by atoms with Crippen molar-refractivity contribution in [2.75, 3.05) is 39.6 Å². The maximum absolute atomic E-state index is 13.1. The third-order valence-corrected chi connectivity index (χ3v) is 19.9. The number of unbranched alkanes of at least 4 members (excludes halogenated alkanes) is 36. The summed E-state index contributed by atoms with van der Waals surface area (Å²) in [6.07, 6.45) is 48.6. The highest BCUT2D eigenvalue weighted by Crippen LogP contribution is 2.45. The maximum atomic E-state index is 13.1. The Hall–Kier alpha value is -1.94. The van der Waals surface area contributed by atoms with Crippen molar-refractivity contribution in [2.24, 2.45) is 23.7 Å². The standard InChI is InChI=1S/C75H146O17P2/c1-9-67(7)53-45-37-28-22-18-13-11-12-14-19-23-30-39-47-55-72(77)85-61-70(91-74(79)57-49-41-31-24-20-16-15-17-21-27-35-43-51-65(3)4)63-89-93(81,82)87-59-69(76)60-88-94(83,84)90-64-71(62-86-73(78)56-48-40-34-33-36-44-52-66(5)6)92-75(80)58-50-42-32-26-25-29-38-46-54-68(8)10-2/h65-71,76H,9-64H2,1-8H3,(H,81,82)(H,83,84)/t67?,68?,69-,70-,71-/m1/s1. The molecule has 94 heavy (non-hydrogen) atoms. The number of phosphoric ester groups is 2. The fourth-order valence-corrected chi connectivity index (χ4v) is 12.9. The first-order chi connectivity index (χ1) is 45.2. The molecular formula is C75H146O17P2. The van der Waals surface area contributed by atoms with Crippen LogP contribution in [-0.4, -0.2) is 96.7 Å². The van der Waals surface area contributed by atoms with Gasteiger partial charge in [0, 0.05) is 25.7 Å². The van der Waals surface area contributed by atoms with Gasteiger partial charge in [0.15, 0.2) is 12.2 Å². The van der Waals surface area contributed by atoms with Gasteiger partial charge >= 0.3 is 39.5 Å². The van der Waals surface area contributed by atoms with Gasteiger partial charge in [-0.3, -0.25) is 37.3 Å². The van der Waals surface area contributed by atoms with E-state index in [9.17, 15) is 43.2 Å². The Morgan fingerprint density at radius 1 is 0.298 bits per heavy atom. The summed E-state index contributed by atoms with van der Waals surface area (Å²) < 4.78 is 68.4. The molecule has 17 nitrogen and oxygen atoms in total. The SMILES string of the molecule is CCC(C)CCCCCCCCCCCCCCCCC(=O)OC[C@H](COP(=O)(O)OC[C@@H](O)COP(=O)(O)OC[C@@H](COC(=O)CCCCCCCCC(C)C)OC(=O)CCCCCCCCCCC(C)CC)OC(=O)CCCCCCCCCCCCCCC(C)C. The van der Waals surface area contributed by atoms with E-state index in [0.29, 0.717) is 31.6 Å². The van der Waals surface area contributed by atoms with E-state index in [-0.39, 0.29) is 25.7 Å². The zero-order valence-corrected chi connectivity index (χ0v) is 63.4. The summed E-state index contributed by atoms with van der Waals surface area (Å²) in [4.78, 5) is 72.7. The molecule has 0 spiro atoms. The van der Waals surface area contributed by atoms with Crippen molar-refractivity contribution in [2.45, 2.75) is 395 Å². The molecule has 0 radical (unpaired) electrons. The highest BCUT2D eigenvalue weighted by molar-refractivity contribution is 7.47. The number of rotatable bonds is 72. The van der Waals surface area contributed by atoms with Gasteiger partial charge in [-0.05, 0) is 49.4 Å². The van der Waals surface area contributed by atoms with Gasteiger partial charge in [-0.2, -0.15) is 0 Å². The van der Waals surface area contributed by atoms with Gasteiger partial charge in [-0.25, -0.2) is 9.13 Å². The summed E-state index contributed by atoms with van der Waals surface area (Å²) in [5.41, 5.74) is 0. The molecule has 4 unspecified atom stereocenters. The molecule has 0 aromatic rings. The molecule has 3 N–H and O–H groups in total. The van der Waals surface area contributed by atoms with Crippen LogP contribution in [0.15, 0.2) is 0 Å². The molecule has 19 heteroatoms. The number of hydrogen-bond donors (Lipinski definition) is 3. The van der Waals surface area contributed by atoms with E-state index < -0.39 is 97.5 Å². The predicted molar refractivity (Wildman–Crippen MR) is 381 cm³/mol. The lowest BCUT2D eigenvalue weighted by Crippen LogP contribution is -2.30. The molecule has 0 heterocycles. The first-order valence-electron chi connectivity index (χ1n) is 38.8. The van der Waals surface area contributed by atoms with Crippen molar-refractivity contribution in [3.63, 3.8) is 0 Å². The largest absolute Gasteiger partial charge is 0.472 e. The van der Waals surface area contributed by atoms with Gasteiger partial charge < -0.3 is 33.8 Å². The van der Waals surface area contributed by atoms with Gasteiger partial charge in [-0.15, -0.1) is 0 Å². The second kappa shape index (κ2) is 64.4. The highest BCUT2D eigenvalue weighted by Gasteiger charge is 2.30. The molecule has 0 rings (SSSR count). The number of carbonyl (C=O) groups is 4. The van der Waals surface area contributed by atoms with E-state index in [2.05, 4.69) is 55.4 Å². The minimum Gasteiger partial charge on any atom is -0.462 e. The van der Waals surface area contributed by atoms with Gasteiger partial charge in [-0.1, -0.05) is 325 Å². The average Bonchev–Trinajstić information content (AvgIpc) is 1.30. The zero-order chi connectivity index (χ0) is 69.6. The van der Waals surface area contributed by atoms with Crippen LogP contribution in [-0.2, 0) is 65.4 Å². The van der Waals surface area contributed by atoms with Crippen LogP contribution >= 0.6 is 15.6 Å². The maximum Gasteiger partial charge on any atom is 0.472 e. The normalized spacial score (nSPS) is 14.7. The first kappa shape index (κ1) is 92.1. The van der Waals surface area contributed by atoms with Gasteiger partial charge in [0.05, 0.1) is 26.4 Å². The molecule has 7 atom stereocenters. The van der Waals surface area contributed by atoms with Crippen LogP contribution in [0.4, 0.5) is 0 Å². The van der Waals surface area contributed by atoms with E-state index in [1.807, 2.05) is 0 Å². The third-order valence-electron chi connectivity index (χ3n) is 18.0. The lowest BCUT2D eigenvalue weighted by Gasteiger charge is -2.21. The molecule has 0 aliphatic carbocycles. The monoisotopic (exact) mass is 1380 g/mol. The fourth-order valence-electron chi connectivity index (χ4n) is 11.3. The molecule has 0 aromatic carbocycles. The van der Waals surface area contributed by atoms with E-state index in [4.69, 9.17) is 37.0 Å². The van der Waals surface area contributed by atoms with Crippen molar-refractivity contribution >= 4 is 39.5 Å². The molecule has 0 aliphatic rings. The van der Waals surface area contributed by atoms with E-state index in [1.165, 1.54) is 173 Å². The highest BCUT2D eigenvalue weighted by atomic mass is 31.2. The van der Waals surface area contributed by atoms with Crippen LogP contribution in [0.1, 0.15) is 376 Å². The molecule has 0 amide bonds. The van der Waals surface area contributed by atoms with Crippen LogP contribution in [0, 0.1) is 23.7 Å². The fraction of sp³-hybridized carbons (Fsp3) is 0.947. The van der Waals surface area contributed by atoms with E-state index in [0.717, 1.165) is 114 Å². The smallest absolute Gasteiger partial charge is 0.462 e. The van der Waals surface area contributed by atoms with Crippen molar-refractivity contribution in [3.05, 3.63) is 0 Å². The summed E-state index contributed by atoms with van der Waals surface area (Å²) in [7, 11) is -9.91. The van der Waals surface area contributed by atoms with Crippen LogP contribution in [0.5, 0.6) is 0 Å². The minimum absolute atomic E-state index is 0.104. The van der Waals surface area contributed by atoms with Crippen molar-refractivity contribution in [1.82, 2.24) is 0 Å². The van der Waals surface area contributed by atoms with E-state index in [1.54, 1.807) is 0 Å². The number of aliphatic hydroxyl groups excluding tert-OH is 1. The third kappa shape index (κ3) is 66.0. The Balaban J connectivity index is 5.24. The van der Waals surface area contributed by atoms with Crippen LogP contribution in [0.2, 0.25) is 0 Å². The molecule has 0 fully saturated rings. The summed E-state index contributed by atoms with van der Waals surface area (Å²) in [6, 6.07) is 0. The molecular weight excluding hydrogens is 1230 g/mol. The van der Waals surface area contributed by atoms with Crippen LogP contribution in [0.3, 0.4) is 0 Å². The Kier molecular flexibility index (Phi) is 63.1. The molecule has 0 aromatic heterocycles. The zero-order valence-electron chi connectivity index (χ0n) is 61.6. The summed E-state index contributed by atoms with van der Waals surface area (Å²) >= 11 is 0.